The molecule has 8 heteroatoms. The van der Waals surface area contributed by atoms with Crippen molar-refractivity contribution in [3.8, 4) is 11.5 Å². The number of methoxy groups -OCH3 is 2. The Morgan fingerprint density at radius 2 is 1.61 bits per heavy atom. The molecule has 0 fully saturated rings. The van der Waals surface area contributed by atoms with Crippen molar-refractivity contribution >= 4 is 40.8 Å². The smallest absolute Gasteiger partial charge is 0.282 e. The number of halogens is 2. The van der Waals surface area contributed by atoms with Crippen LogP contribution in [-0.2, 0) is 0 Å². The number of hydrogen-bond acceptors (Lipinski definition) is 5. The molecule has 0 bridgehead atoms. The van der Waals surface area contributed by atoms with E-state index in [0.717, 1.165) is 0 Å². The summed E-state index contributed by atoms with van der Waals surface area (Å²) in [6.45, 7) is 0. The molecule has 0 atom stereocenters. The third-order valence-corrected chi connectivity index (χ3v) is 3.37. The van der Waals surface area contributed by atoms with Gasteiger partial charge < -0.3 is 9.47 Å². The Morgan fingerprint density at radius 3 is 2.13 bits per heavy atom. The zero-order valence-electron chi connectivity index (χ0n) is 12.2. The van der Waals surface area contributed by atoms with E-state index < -0.39 is 4.92 Å². The summed E-state index contributed by atoms with van der Waals surface area (Å²) in [6, 6.07) is 7.52. The maximum atomic E-state index is 11.2. The van der Waals surface area contributed by atoms with Crippen LogP contribution in [-0.4, -0.2) is 25.4 Å². The van der Waals surface area contributed by atoms with Gasteiger partial charge in [0.2, 0.25) is 0 Å². The van der Waals surface area contributed by atoms with Crippen LogP contribution in [0.3, 0.4) is 0 Å². The molecule has 0 saturated carbocycles. The van der Waals surface area contributed by atoms with Crippen LogP contribution < -0.4 is 9.47 Å². The second kappa shape index (κ2) is 7.30. The average molecular weight is 355 g/mol. The molecule has 0 aliphatic heterocycles. The minimum atomic E-state index is -0.520. The van der Waals surface area contributed by atoms with Crippen LogP contribution in [0, 0.1) is 10.1 Å². The third kappa shape index (κ3) is 4.12. The molecular formula is C15H12Cl2N2O4. The standard InChI is InChI=1S/C15H12Cl2N2O4/c1-22-14-3-9(13(19(20)21)7-15(14)23-2)8-18-12-5-10(16)4-11(17)6-12/h3-8H,1-2H3. The predicted octanol–water partition coefficient (Wildman–Crippen LogP) is 4.67. The summed E-state index contributed by atoms with van der Waals surface area (Å²) in [6.07, 6.45) is 1.35. The third-order valence-electron chi connectivity index (χ3n) is 2.93. The highest BCUT2D eigenvalue weighted by molar-refractivity contribution is 6.35. The first-order chi connectivity index (χ1) is 10.9. The van der Waals surface area contributed by atoms with E-state index in [2.05, 4.69) is 4.99 Å². The lowest BCUT2D eigenvalue weighted by atomic mass is 10.1. The van der Waals surface area contributed by atoms with Gasteiger partial charge in [-0.1, -0.05) is 23.2 Å². The number of hydrogen-bond donors (Lipinski definition) is 0. The summed E-state index contributed by atoms with van der Waals surface area (Å²) in [5, 5.41) is 12.1. The van der Waals surface area contributed by atoms with Crippen LogP contribution in [0.2, 0.25) is 10.0 Å². The van der Waals surface area contributed by atoms with Crippen LogP contribution in [0.4, 0.5) is 11.4 Å². The lowest BCUT2D eigenvalue weighted by Gasteiger charge is -2.08. The zero-order chi connectivity index (χ0) is 17.0. The second-order valence-corrected chi connectivity index (χ2v) is 5.28. The van der Waals surface area contributed by atoms with Crippen molar-refractivity contribution in [3.05, 3.63) is 56.1 Å². The van der Waals surface area contributed by atoms with Crippen LogP contribution in [0.1, 0.15) is 5.56 Å². The Labute approximate surface area is 142 Å². The van der Waals surface area contributed by atoms with E-state index in [-0.39, 0.29) is 17.0 Å². The Morgan fingerprint density at radius 1 is 1.04 bits per heavy atom. The first-order valence-corrected chi connectivity index (χ1v) is 7.10. The molecule has 120 valence electrons. The lowest BCUT2D eigenvalue weighted by molar-refractivity contribution is -0.385. The van der Waals surface area contributed by atoms with Gasteiger partial charge >= 0.3 is 0 Å². The molecule has 0 aliphatic rings. The van der Waals surface area contributed by atoms with E-state index in [4.69, 9.17) is 32.7 Å². The fourth-order valence-electron chi connectivity index (χ4n) is 1.90. The number of nitro groups is 1. The molecular weight excluding hydrogens is 343 g/mol. The van der Waals surface area contributed by atoms with Gasteiger partial charge in [0.1, 0.15) is 0 Å². The predicted molar refractivity (Wildman–Crippen MR) is 89.9 cm³/mol. The van der Waals surface area contributed by atoms with Gasteiger partial charge in [0.05, 0.1) is 36.5 Å². The van der Waals surface area contributed by atoms with Crippen molar-refractivity contribution in [2.75, 3.05) is 14.2 Å². The van der Waals surface area contributed by atoms with Crippen molar-refractivity contribution in [1.29, 1.82) is 0 Å². The molecule has 2 aromatic carbocycles. The second-order valence-electron chi connectivity index (χ2n) is 4.41. The minimum absolute atomic E-state index is 0.153. The van der Waals surface area contributed by atoms with E-state index in [9.17, 15) is 10.1 Å². The topological polar surface area (TPSA) is 74.0 Å². The largest absolute Gasteiger partial charge is 0.493 e. The van der Waals surface area contributed by atoms with Crippen molar-refractivity contribution in [3.63, 3.8) is 0 Å². The monoisotopic (exact) mass is 354 g/mol. The Balaban J connectivity index is 2.48. The van der Waals surface area contributed by atoms with Gasteiger partial charge in [0.15, 0.2) is 11.5 Å². The van der Waals surface area contributed by atoms with Crippen LogP contribution in [0.25, 0.3) is 0 Å². The van der Waals surface area contributed by atoms with Crippen molar-refractivity contribution in [2.45, 2.75) is 0 Å². The SMILES string of the molecule is COc1cc(C=Nc2cc(Cl)cc(Cl)c2)c([N+](=O)[O-])cc1OC. The maximum absolute atomic E-state index is 11.2. The average Bonchev–Trinajstić information content (AvgIpc) is 2.50. The Kier molecular flexibility index (Phi) is 5.41. The molecule has 0 heterocycles. The van der Waals surface area contributed by atoms with E-state index in [1.54, 1.807) is 18.2 Å². The molecule has 2 rings (SSSR count). The van der Waals surface area contributed by atoms with E-state index in [0.29, 0.717) is 21.5 Å². The molecule has 0 saturated heterocycles. The first kappa shape index (κ1) is 17.1. The quantitative estimate of drug-likeness (QED) is 0.444. The van der Waals surface area contributed by atoms with Gasteiger partial charge in [0.25, 0.3) is 5.69 Å². The normalized spacial score (nSPS) is 10.8. The summed E-state index contributed by atoms with van der Waals surface area (Å²) in [4.78, 5) is 14.9. The molecule has 0 N–H and O–H groups in total. The van der Waals surface area contributed by atoms with Gasteiger partial charge in [0, 0.05) is 16.3 Å². The fourth-order valence-corrected chi connectivity index (χ4v) is 2.42. The van der Waals surface area contributed by atoms with E-state index in [1.165, 1.54) is 32.6 Å². The van der Waals surface area contributed by atoms with Gasteiger partial charge in [-0.2, -0.15) is 0 Å². The van der Waals surface area contributed by atoms with Crippen molar-refractivity contribution in [1.82, 2.24) is 0 Å². The zero-order valence-corrected chi connectivity index (χ0v) is 13.8. The van der Waals surface area contributed by atoms with Crippen molar-refractivity contribution in [2.24, 2.45) is 4.99 Å². The molecule has 23 heavy (non-hydrogen) atoms. The molecule has 0 spiro atoms. The summed E-state index contributed by atoms with van der Waals surface area (Å²) in [5.41, 5.74) is 0.592. The van der Waals surface area contributed by atoms with Crippen LogP contribution >= 0.6 is 23.2 Å². The summed E-state index contributed by atoms with van der Waals surface area (Å²) in [5.74, 6) is 0.630. The summed E-state index contributed by atoms with van der Waals surface area (Å²) >= 11 is 11.8. The molecule has 0 unspecified atom stereocenters. The highest BCUT2D eigenvalue weighted by Crippen LogP contribution is 2.34. The number of ether oxygens (including phenoxy) is 2. The molecule has 0 radical (unpaired) electrons. The molecule has 0 aromatic heterocycles. The Bertz CT molecular complexity index is 758. The van der Waals surface area contributed by atoms with Gasteiger partial charge in [-0.05, 0) is 24.3 Å². The van der Waals surface area contributed by atoms with E-state index in [1.807, 2.05) is 0 Å². The minimum Gasteiger partial charge on any atom is -0.493 e. The van der Waals surface area contributed by atoms with Gasteiger partial charge in [-0.15, -0.1) is 0 Å². The number of nitrogens with zero attached hydrogens (tertiary/aromatic N) is 2. The lowest BCUT2D eigenvalue weighted by Crippen LogP contribution is -1.98. The number of nitro benzene ring substituents is 1. The fraction of sp³-hybridized carbons (Fsp3) is 0.133. The van der Waals surface area contributed by atoms with Gasteiger partial charge in [-0.3, -0.25) is 15.1 Å². The summed E-state index contributed by atoms with van der Waals surface area (Å²) in [7, 11) is 2.85. The molecule has 6 nitrogen and oxygen atoms in total. The number of rotatable bonds is 5. The molecule has 0 aliphatic carbocycles. The molecule has 0 amide bonds. The Hall–Kier alpha value is -2.31. The van der Waals surface area contributed by atoms with Crippen LogP contribution in [0.15, 0.2) is 35.3 Å². The van der Waals surface area contributed by atoms with Gasteiger partial charge in [-0.25, -0.2) is 0 Å². The van der Waals surface area contributed by atoms with E-state index >= 15 is 0 Å². The van der Waals surface area contributed by atoms with Crippen LogP contribution in [0.5, 0.6) is 11.5 Å². The number of benzene rings is 2. The molecule has 2 aromatic rings. The highest BCUT2D eigenvalue weighted by atomic mass is 35.5. The first-order valence-electron chi connectivity index (χ1n) is 6.35. The van der Waals surface area contributed by atoms with Crippen molar-refractivity contribution < 1.29 is 14.4 Å². The maximum Gasteiger partial charge on any atom is 0.282 e. The highest BCUT2D eigenvalue weighted by Gasteiger charge is 2.18. The summed E-state index contributed by atoms with van der Waals surface area (Å²) < 4.78 is 10.2. The number of aliphatic imine (C=N–C) groups is 1.